The zero-order valence-electron chi connectivity index (χ0n) is 9.18. The molecule has 2 rings (SSSR count). The first-order valence-corrected chi connectivity index (χ1v) is 7.12. The summed E-state index contributed by atoms with van der Waals surface area (Å²) in [6.45, 7) is 0.688. The van der Waals surface area contributed by atoms with Gasteiger partial charge in [0.25, 0.3) is 0 Å². The van der Waals surface area contributed by atoms with E-state index in [4.69, 9.17) is 34.8 Å². The Morgan fingerprint density at radius 3 is 2.28 bits per heavy atom. The van der Waals surface area contributed by atoms with Crippen molar-refractivity contribution in [2.45, 2.75) is 6.54 Å². The number of hydrogen-bond acceptors (Lipinski definition) is 1. The Morgan fingerprint density at radius 2 is 1.61 bits per heavy atom. The zero-order valence-corrected chi connectivity index (χ0v) is 13.0. The van der Waals surface area contributed by atoms with Gasteiger partial charge >= 0.3 is 0 Å². The van der Waals surface area contributed by atoms with Crippen LogP contribution in [-0.2, 0) is 6.54 Å². The molecule has 0 saturated carbocycles. The van der Waals surface area contributed by atoms with Crippen molar-refractivity contribution >= 4 is 56.4 Å². The highest BCUT2D eigenvalue weighted by molar-refractivity contribution is 9.10. The van der Waals surface area contributed by atoms with Crippen LogP contribution in [0.4, 0.5) is 5.69 Å². The van der Waals surface area contributed by atoms with Gasteiger partial charge in [0.2, 0.25) is 0 Å². The van der Waals surface area contributed by atoms with E-state index in [1.165, 1.54) is 0 Å². The van der Waals surface area contributed by atoms with Gasteiger partial charge in [-0.1, -0.05) is 40.9 Å². The number of hydrogen-bond donors (Lipinski definition) is 1. The molecule has 0 aromatic heterocycles. The Labute approximate surface area is 129 Å². The number of nitrogens with one attached hydrogen (secondary N) is 1. The minimum Gasteiger partial charge on any atom is -0.381 e. The van der Waals surface area contributed by atoms with Crippen LogP contribution in [0.3, 0.4) is 0 Å². The predicted molar refractivity (Wildman–Crippen MR) is 82.9 cm³/mol. The lowest BCUT2D eigenvalue weighted by molar-refractivity contribution is 1.15. The highest BCUT2D eigenvalue weighted by Crippen LogP contribution is 2.26. The molecule has 0 aliphatic rings. The zero-order chi connectivity index (χ0) is 13.1. The lowest BCUT2D eigenvalue weighted by atomic mass is 10.2. The average Bonchev–Trinajstić information content (AvgIpc) is 2.35. The molecule has 0 aliphatic carbocycles. The first-order valence-electron chi connectivity index (χ1n) is 5.19. The summed E-state index contributed by atoms with van der Waals surface area (Å²) in [4.78, 5) is 0. The Hall–Kier alpha value is -0.410. The van der Waals surface area contributed by atoms with E-state index in [1.807, 2.05) is 24.3 Å². The largest absolute Gasteiger partial charge is 0.381 e. The second kappa shape index (κ2) is 6.16. The summed E-state index contributed by atoms with van der Waals surface area (Å²) in [5, 5.41) is 5.06. The highest BCUT2D eigenvalue weighted by Gasteiger charge is 2.01. The van der Waals surface area contributed by atoms with Gasteiger partial charge in [-0.15, -0.1) is 0 Å². The van der Waals surface area contributed by atoms with E-state index in [9.17, 15) is 0 Å². The second-order valence-electron chi connectivity index (χ2n) is 3.73. The predicted octanol–water partition coefficient (Wildman–Crippen LogP) is 6.02. The van der Waals surface area contributed by atoms with Crippen molar-refractivity contribution in [2.24, 2.45) is 0 Å². The van der Waals surface area contributed by atoms with Gasteiger partial charge in [0.15, 0.2) is 0 Å². The maximum absolute atomic E-state index is 5.94. The molecule has 1 N–H and O–H groups in total. The fourth-order valence-electron chi connectivity index (χ4n) is 1.46. The van der Waals surface area contributed by atoms with Gasteiger partial charge in [-0.05, 0) is 51.8 Å². The summed E-state index contributed by atoms with van der Waals surface area (Å²) >= 11 is 21.1. The maximum Gasteiger partial charge on any atom is 0.0612 e. The lowest BCUT2D eigenvalue weighted by Crippen LogP contribution is -1.99. The summed E-state index contributed by atoms with van der Waals surface area (Å²) in [5.41, 5.74) is 2.05. The number of halogens is 4. The van der Waals surface area contributed by atoms with E-state index in [-0.39, 0.29) is 0 Å². The minimum atomic E-state index is 0.541. The van der Waals surface area contributed by atoms with Crippen LogP contribution in [0.1, 0.15) is 5.56 Å². The third-order valence-corrected chi connectivity index (χ3v) is 4.35. The monoisotopic (exact) mass is 363 g/mol. The van der Waals surface area contributed by atoms with Gasteiger partial charge in [-0.3, -0.25) is 0 Å². The van der Waals surface area contributed by atoms with Gasteiger partial charge in [0, 0.05) is 16.7 Å². The van der Waals surface area contributed by atoms with E-state index in [0.717, 1.165) is 15.7 Å². The van der Waals surface area contributed by atoms with E-state index >= 15 is 0 Å². The average molecular weight is 365 g/mol. The molecule has 2 aromatic rings. The lowest BCUT2D eigenvalue weighted by Gasteiger charge is -2.08. The molecule has 0 atom stereocenters. The second-order valence-corrected chi connectivity index (χ2v) is 5.81. The van der Waals surface area contributed by atoms with E-state index < -0.39 is 0 Å². The van der Waals surface area contributed by atoms with Crippen molar-refractivity contribution in [3.8, 4) is 0 Å². The molecule has 5 heteroatoms. The van der Waals surface area contributed by atoms with Crippen molar-refractivity contribution in [3.63, 3.8) is 0 Å². The normalized spacial score (nSPS) is 10.4. The van der Waals surface area contributed by atoms with Gasteiger partial charge in [-0.2, -0.15) is 0 Å². The summed E-state index contributed by atoms with van der Waals surface area (Å²) in [5.74, 6) is 0. The maximum atomic E-state index is 5.94. The SMILES string of the molecule is Clc1ccc(NCc2ccc(Cl)c(Br)c2)cc1Cl. The molecule has 1 nitrogen and oxygen atoms in total. The van der Waals surface area contributed by atoms with E-state index in [1.54, 1.807) is 12.1 Å². The first kappa shape index (κ1) is 14.0. The molecular weight excluding hydrogens is 356 g/mol. The van der Waals surface area contributed by atoms with Crippen LogP contribution in [0.2, 0.25) is 15.1 Å². The van der Waals surface area contributed by atoms with Crippen LogP contribution in [-0.4, -0.2) is 0 Å². The molecule has 0 bridgehead atoms. The van der Waals surface area contributed by atoms with Gasteiger partial charge in [0.05, 0.1) is 15.1 Å². The van der Waals surface area contributed by atoms with Crippen LogP contribution < -0.4 is 5.32 Å². The minimum absolute atomic E-state index is 0.541. The quantitative estimate of drug-likeness (QED) is 0.701. The molecule has 0 spiro atoms. The van der Waals surface area contributed by atoms with Crippen LogP contribution in [0.5, 0.6) is 0 Å². The number of benzene rings is 2. The van der Waals surface area contributed by atoms with Crippen molar-refractivity contribution in [1.82, 2.24) is 0 Å². The topological polar surface area (TPSA) is 12.0 Å². The Kier molecular flexibility index (Phi) is 4.79. The Morgan fingerprint density at radius 1 is 0.889 bits per heavy atom. The molecule has 0 heterocycles. The van der Waals surface area contributed by atoms with Gasteiger partial charge in [0.1, 0.15) is 0 Å². The molecule has 0 aliphatic heterocycles. The molecule has 0 fully saturated rings. The number of anilines is 1. The molecule has 2 aromatic carbocycles. The van der Waals surface area contributed by atoms with Crippen molar-refractivity contribution in [1.29, 1.82) is 0 Å². The standard InChI is InChI=1S/C13H9BrCl3N/c14-10-5-8(1-3-11(10)15)7-18-9-2-4-12(16)13(17)6-9/h1-6,18H,7H2. The summed E-state index contributed by atoms with van der Waals surface area (Å²) in [6.07, 6.45) is 0. The Balaban J connectivity index is 2.06. The van der Waals surface area contributed by atoms with E-state index in [2.05, 4.69) is 21.2 Å². The van der Waals surface area contributed by atoms with Crippen LogP contribution >= 0.6 is 50.7 Å². The molecular formula is C13H9BrCl3N. The van der Waals surface area contributed by atoms with Crippen molar-refractivity contribution in [3.05, 3.63) is 61.5 Å². The molecule has 94 valence electrons. The van der Waals surface area contributed by atoms with Crippen LogP contribution in [0.15, 0.2) is 40.9 Å². The van der Waals surface area contributed by atoms with E-state index in [0.29, 0.717) is 21.6 Å². The molecule has 0 unspecified atom stereocenters. The summed E-state index contributed by atoms with van der Waals surface area (Å²) in [7, 11) is 0. The molecule has 18 heavy (non-hydrogen) atoms. The first-order chi connectivity index (χ1) is 8.56. The molecule has 0 amide bonds. The van der Waals surface area contributed by atoms with Gasteiger partial charge in [-0.25, -0.2) is 0 Å². The highest BCUT2D eigenvalue weighted by atomic mass is 79.9. The third-order valence-electron chi connectivity index (χ3n) is 2.40. The number of rotatable bonds is 3. The van der Waals surface area contributed by atoms with Gasteiger partial charge < -0.3 is 5.32 Å². The fourth-order valence-corrected chi connectivity index (χ4v) is 2.30. The molecule has 0 radical (unpaired) electrons. The summed E-state index contributed by atoms with van der Waals surface area (Å²) in [6, 6.07) is 11.3. The smallest absolute Gasteiger partial charge is 0.0612 e. The Bertz CT molecular complexity index is 521. The van der Waals surface area contributed by atoms with Crippen LogP contribution in [0, 0.1) is 0 Å². The fraction of sp³-hybridized carbons (Fsp3) is 0.0769. The van der Waals surface area contributed by atoms with Crippen molar-refractivity contribution < 1.29 is 0 Å². The summed E-state index contributed by atoms with van der Waals surface area (Å²) < 4.78 is 0.887. The van der Waals surface area contributed by atoms with Crippen molar-refractivity contribution in [2.75, 3.05) is 5.32 Å². The third kappa shape index (κ3) is 3.55. The van der Waals surface area contributed by atoms with Crippen LogP contribution in [0.25, 0.3) is 0 Å². The molecule has 0 saturated heterocycles.